The van der Waals surface area contributed by atoms with Gasteiger partial charge in [-0.25, -0.2) is 9.78 Å². The molecule has 10 heteroatoms. The third-order valence-electron chi connectivity index (χ3n) is 7.14. The molecule has 220 valence electrons. The Morgan fingerprint density at radius 1 is 0.814 bits per heavy atom. The maximum atomic E-state index is 12.9. The topological polar surface area (TPSA) is 98.4 Å². The second kappa shape index (κ2) is 13.6. The second-order valence-corrected chi connectivity index (χ2v) is 10.7. The van der Waals surface area contributed by atoms with Gasteiger partial charge in [0, 0.05) is 65.4 Å². The molecule has 0 spiro atoms. The van der Waals surface area contributed by atoms with Gasteiger partial charge in [-0.1, -0.05) is 36.4 Å². The number of carbonyl (C=O) groups is 2. The largest absolute Gasteiger partial charge is 0.369 e. The number of anilines is 5. The number of hydrogen-bond donors (Lipinski definition) is 4. The maximum Gasteiger partial charge on any atom is 0.323 e. The zero-order valence-electron chi connectivity index (χ0n) is 23.9. The van der Waals surface area contributed by atoms with Crippen LogP contribution in [-0.4, -0.2) is 48.8 Å². The van der Waals surface area contributed by atoms with Gasteiger partial charge in [0.05, 0.1) is 22.3 Å². The van der Waals surface area contributed by atoms with Crippen LogP contribution in [0.2, 0.25) is 0 Å². The highest BCUT2D eigenvalue weighted by Crippen LogP contribution is 2.36. The number of pyridine rings is 1. The lowest BCUT2D eigenvalue weighted by molar-refractivity contribution is 0.0964. The number of fused-ring (bicyclic) bond motifs is 2. The van der Waals surface area contributed by atoms with Gasteiger partial charge in [-0.2, -0.15) is 0 Å². The molecule has 5 aromatic rings. The van der Waals surface area contributed by atoms with Gasteiger partial charge in [0.2, 0.25) is 0 Å². The molecule has 0 atom stereocenters. The smallest absolute Gasteiger partial charge is 0.323 e. The Bertz CT molecular complexity index is 1770. The van der Waals surface area contributed by atoms with E-state index in [2.05, 4.69) is 26.2 Å². The van der Waals surface area contributed by atoms with Gasteiger partial charge in [0.1, 0.15) is 0 Å². The fraction of sp³-hybridized carbons (Fsp3) is 0.182. The highest BCUT2D eigenvalue weighted by molar-refractivity contribution is 6.18. The Balaban J connectivity index is 1.39. The van der Waals surface area contributed by atoms with Gasteiger partial charge in [-0.15, -0.1) is 23.2 Å². The average molecular weight is 616 g/mol. The molecule has 0 aliphatic heterocycles. The molecular weight excluding hydrogens is 583 g/mol. The summed E-state index contributed by atoms with van der Waals surface area (Å²) >= 11 is 11.9. The lowest BCUT2D eigenvalue weighted by Crippen LogP contribution is -2.27. The van der Waals surface area contributed by atoms with E-state index in [9.17, 15) is 9.59 Å². The number of aromatic nitrogens is 1. The summed E-state index contributed by atoms with van der Waals surface area (Å²) in [5.41, 5.74) is 6.75. The minimum atomic E-state index is -0.365. The molecule has 0 saturated heterocycles. The summed E-state index contributed by atoms with van der Waals surface area (Å²) in [6.45, 7) is 3.37. The molecule has 3 amide bonds. The van der Waals surface area contributed by atoms with Gasteiger partial charge in [-0.3, -0.25) is 4.79 Å². The first kappa shape index (κ1) is 29.9. The molecule has 43 heavy (non-hydrogen) atoms. The number of halogens is 2. The first-order valence-electron chi connectivity index (χ1n) is 13.9. The average Bonchev–Trinajstić information content (AvgIpc) is 3.02. The molecule has 4 N–H and O–H groups in total. The molecule has 0 saturated carbocycles. The Labute approximate surface area is 260 Å². The van der Waals surface area contributed by atoms with Crippen LogP contribution in [-0.2, 0) is 0 Å². The summed E-state index contributed by atoms with van der Waals surface area (Å²) in [6.07, 6.45) is 0. The molecule has 0 unspecified atom stereocenters. The summed E-state index contributed by atoms with van der Waals surface area (Å²) in [5.74, 6) is 0.791. The molecule has 0 fully saturated rings. The zero-order chi connectivity index (χ0) is 30.3. The number of carbonyl (C=O) groups excluding carboxylic acids is 2. The Hall–Kier alpha value is -4.53. The van der Waals surface area contributed by atoms with Crippen LogP contribution in [0.15, 0.2) is 84.9 Å². The van der Waals surface area contributed by atoms with E-state index < -0.39 is 0 Å². The van der Waals surface area contributed by atoms with E-state index in [-0.39, 0.29) is 11.9 Å². The lowest BCUT2D eigenvalue weighted by Gasteiger charge is -2.23. The number of para-hydroxylation sites is 2. The standard InChI is InChI=1S/C33H32Cl2N6O2/c1-21-10-11-23(38-33(43)37-22-12-14-24(15-13-22)41(18-16-34)19-17-35)20-29(21)40-30-25-6-3-4-9-28(25)39-31-26(30)7-5-8-27(31)32(42)36-2/h3-15,20H,16-19H2,1-2H3,(H,36,42)(H,39,40)(H2,37,38,43). The Morgan fingerprint density at radius 3 is 2.21 bits per heavy atom. The number of rotatable bonds is 10. The van der Waals surface area contributed by atoms with E-state index in [4.69, 9.17) is 28.2 Å². The first-order valence-corrected chi connectivity index (χ1v) is 14.9. The van der Waals surface area contributed by atoms with Crippen LogP contribution in [0.5, 0.6) is 0 Å². The number of urea groups is 1. The number of benzene rings is 4. The minimum absolute atomic E-state index is 0.204. The molecule has 1 aromatic heterocycles. The van der Waals surface area contributed by atoms with Gasteiger partial charge in [0.25, 0.3) is 5.91 Å². The molecule has 0 bridgehead atoms. The highest BCUT2D eigenvalue weighted by Gasteiger charge is 2.16. The molecule has 0 aliphatic rings. The summed E-state index contributed by atoms with van der Waals surface area (Å²) in [5, 5.41) is 13.8. The third kappa shape index (κ3) is 6.77. The number of aryl methyl sites for hydroxylation is 1. The molecule has 0 aliphatic carbocycles. The van der Waals surface area contributed by atoms with Crippen molar-refractivity contribution in [1.82, 2.24) is 10.3 Å². The van der Waals surface area contributed by atoms with Crippen molar-refractivity contribution in [1.29, 1.82) is 0 Å². The van der Waals surface area contributed by atoms with Gasteiger partial charge < -0.3 is 26.2 Å². The van der Waals surface area contributed by atoms with E-state index in [1.807, 2.05) is 85.8 Å². The number of nitrogens with zero attached hydrogens (tertiary/aromatic N) is 2. The summed E-state index contributed by atoms with van der Waals surface area (Å²) in [4.78, 5) is 32.5. The van der Waals surface area contributed by atoms with Crippen molar-refractivity contribution in [3.8, 4) is 0 Å². The fourth-order valence-electron chi connectivity index (χ4n) is 4.96. The minimum Gasteiger partial charge on any atom is -0.369 e. The monoisotopic (exact) mass is 614 g/mol. The number of alkyl halides is 2. The second-order valence-electron chi connectivity index (χ2n) is 9.93. The molecule has 4 aromatic carbocycles. The molecule has 5 rings (SSSR count). The van der Waals surface area contributed by atoms with E-state index in [1.54, 1.807) is 13.1 Å². The van der Waals surface area contributed by atoms with E-state index >= 15 is 0 Å². The molecule has 0 radical (unpaired) electrons. The van der Waals surface area contributed by atoms with Gasteiger partial charge in [-0.05, 0) is 61.0 Å². The zero-order valence-corrected chi connectivity index (χ0v) is 25.4. The van der Waals surface area contributed by atoms with Crippen molar-refractivity contribution in [3.05, 3.63) is 96.1 Å². The van der Waals surface area contributed by atoms with Crippen LogP contribution in [0, 0.1) is 6.92 Å². The number of hydrogen-bond acceptors (Lipinski definition) is 5. The third-order valence-corrected chi connectivity index (χ3v) is 7.48. The van der Waals surface area contributed by atoms with Crippen LogP contribution in [0.25, 0.3) is 21.8 Å². The van der Waals surface area contributed by atoms with Crippen molar-refractivity contribution in [2.75, 3.05) is 52.7 Å². The predicted octanol–water partition coefficient (Wildman–Crippen LogP) is 7.73. The van der Waals surface area contributed by atoms with E-state index in [0.717, 1.165) is 38.9 Å². The number of nitrogens with one attached hydrogen (secondary N) is 4. The van der Waals surface area contributed by atoms with Crippen LogP contribution < -0.4 is 26.2 Å². The Kier molecular flexibility index (Phi) is 9.49. The fourth-order valence-corrected chi connectivity index (χ4v) is 5.37. The van der Waals surface area contributed by atoms with Crippen LogP contribution in [0.1, 0.15) is 15.9 Å². The molecular formula is C33H32Cl2N6O2. The van der Waals surface area contributed by atoms with Gasteiger partial charge in [0.15, 0.2) is 0 Å². The summed E-state index contributed by atoms with van der Waals surface area (Å²) in [6, 6.07) is 26.2. The lowest BCUT2D eigenvalue weighted by atomic mass is 10.0. The first-order chi connectivity index (χ1) is 20.9. The van der Waals surface area contributed by atoms with Crippen LogP contribution in [0.4, 0.5) is 33.2 Å². The summed E-state index contributed by atoms with van der Waals surface area (Å²) < 4.78 is 0. The van der Waals surface area contributed by atoms with E-state index in [0.29, 0.717) is 47.3 Å². The SMILES string of the molecule is CNC(=O)c1cccc2c(Nc3cc(NC(=O)Nc4ccc(N(CCCl)CCCl)cc4)ccc3C)c3ccccc3nc12. The van der Waals surface area contributed by atoms with Crippen molar-refractivity contribution >= 4 is 85.4 Å². The van der Waals surface area contributed by atoms with Crippen molar-refractivity contribution in [2.45, 2.75) is 6.92 Å². The van der Waals surface area contributed by atoms with Crippen molar-refractivity contribution < 1.29 is 9.59 Å². The maximum absolute atomic E-state index is 12.9. The predicted molar refractivity (Wildman–Crippen MR) is 180 cm³/mol. The number of amides is 3. The van der Waals surface area contributed by atoms with Crippen molar-refractivity contribution in [3.63, 3.8) is 0 Å². The Morgan fingerprint density at radius 2 is 1.49 bits per heavy atom. The highest BCUT2D eigenvalue weighted by atomic mass is 35.5. The normalized spacial score (nSPS) is 10.9. The molecule has 1 heterocycles. The van der Waals surface area contributed by atoms with Crippen LogP contribution >= 0.6 is 23.2 Å². The van der Waals surface area contributed by atoms with Gasteiger partial charge >= 0.3 is 6.03 Å². The molecule has 8 nitrogen and oxygen atoms in total. The summed E-state index contributed by atoms with van der Waals surface area (Å²) in [7, 11) is 1.61. The van der Waals surface area contributed by atoms with Crippen LogP contribution in [0.3, 0.4) is 0 Å². The van der Waals surface area contributed by atoms with Crippen molar-refractivity contribution in [2.24, 2.45) is 0 Å². The quantitative estimate of drug-likeness (QED) is 0.0953. The van der Waals surface area contributed by atoms with E-state index in [1.165, 1.54) is 0 Å².